The van der Waals surface area contributed by atoms with E-state index in [-0.39, 0.29) is 45.7 Å². The van der Waals surface area contributed by atoms with Crippen molar-refractivity contribution in [3.63, 3.8) is 0 Å². The van der Waals surface area contributed by atoms with Crippen molar-refractivity contribution in [1.82, 2.24) is 0 Å². The molecule has 275 valence electrons. The molecule has 4 N–H and O–H groups in total. The van der Waals surface area contributed by atoms with E-state index in [9.17, 15) is 27.0 Å². The van der Waals surface area contributed by atoms with Gasteiger partial charge in [-0.1, -0.05) is 96.4 Å². The predicted octanol–water partition coefficient (Wildman–Crippen LogP) is 4.63. The number of azo groups is 2. The SMILES string of the molecule is C[O-].C[O-].Cc1ccc(S(N)(=O)=O)cc1N=Nc1c(C)ccc2ccccc12.NS(=O)(=O)c1ccc([O-])c(N=Nc2c([O-])ccc3ccccc23)c1.[Cr+3].[H+]. The molecule has 14 nitrogen and oxygen atoms in total. The van der Waals surface area contributed by atoms with Crippen LogP contribution < -0.4 is 30.7 Å². The molecule has 0 saturated heterocycles. The van der Waals surface area contributed by atoms with Crippen LogP contribution in [-0.2, 0) is 37.4 Å². The number of rotatable bonds is 6. The van der Waals surface area contributed by atoms with E-state index in [1.807, 2.05) is 62.4 Å². The largest absolute Gasteiger partial charge is 3.00 e. The van der Waals surface area contributed by atoms with E-state index in [1.54, 1.807) is 24.3 Å². The molecule has 0 aliphatic rings. The zero-order valence-electron chi connectivity index (χ0n) is 29.8. The third-order valence-corrected chi connectivity index (χ3v) is 9.07. The second-order valence-electron chi connectivity index (χ2n) is 10.7. The molecule has 0 bridgehead atoms. The average molecular weight is 796 g/mol. The van der Waals surface area contributed by atoms with E-state index >= 15 is 0 Å². The van der Waals surface area contributed by atoms with Crippen LogP contribution in [0.15, 0.2) is 139 Å². The Morgan fingerprint density at radius 3 is 1.49 bits per heavy atom. The standard InChI is InChI=1S/C18H17N3O2S.C16H13N3O4S.2CH3O.Cr/c1-12-8-10-15(24(19,22)23)11-17(12)20-21-18-13(2)7-9-14-5-3-4-6-16(14)18;17-24(22,23)11-6-8-14(20)13(9-11)18-19-16-12-4-2-1-3-10(12)5-7-15(16)21;2*1-2;/h3-11H,1-2H3,(H2,19,22,23);1-9,20-21H,(H2,17,22,23);2*1H3;/q;;2*-1;+3/p-1. The van der Waals surface area contributed by atoms with Gasteiger partial charge in [-0.15, -0.1) is 5.11 Å². The van der Waals surface area contributed by atoms with E-state index in [4.69, 9.17) is 20.5 Å². The third-order valence-electron chi connectivity index (χ3n) is 7.25. The second-order valence-corrected chi connectivity index (χ2v) is 13.8. The molecule has 0 saturated carbocycles. The van der Waals surface area contributed by atoms with Crippen molar-refractivity contribution < 1.29 is 56.0 Å². The Balaban J connectivity index is 0.000000478. The molecule has 6 rings (SSSR count). The summed E-state index contributed by atoms with van der Waals surface area (Å²) >= 11 is 0. The van der Waals surface area contributed by atoms with Crippen molar-refractivity contribution >= 4 is 64.3 Å². The molecule has 53 heavy (non-hydrogen) atoms. The van der Waals surface area contributed by atoms with Crippen LogP contribution in [0.3, 0.4) is 0 Å². The van der Waals surface area contributed by atoms with Crippen LogP contribution in [0.25, 0.3) is 21.5 Å². The molecule has 0 spiro atoms. The molecule has 0 aromatic heterocycles. The van der Waals surface area contributed by atoms with Gasteiger partial charge in [0.2, 0.25) is 20.0 Å². The van der Waals surface area contributed by atoms with Gasteiger partial charge in [0.25, 0.3) is 0 Å². The number of primary sulfonamides is 2. The van der Waals surface area contributed by atoms with E-state index in [1.165, 1.54) is 18.2 Å². The minimum absolute atomic E-state index is 0. The third kappa shape index (κ3) is 11.4. The minimum atomic E-state index is -3.97. The fraction of sp³-hybridized carbons (Fsp3) is 0.111. The van der Waals surface area contributed by atoms with Crippen LogP contribution in [0.5, 0.6) is 11.5 Å². The number of hydrogen-bond donors (Lipinski definition) is 2. The normalized spacial score (nSPS) is 11.2. The van der Waals surface area contributed by atoms with Gasteiger partial charge in [-0.25, -0.2) is 27.1 Å². The van der Waals surface area contributed by atoms with Crippen LogP contribution in [-0.4, -0.2) is 31.1 Å². The Morgan fingerprint density at radius 2 is 0.925 bits per heavy atom. The van der Waals surface area contributed by atoms with E-state index < -0.39 is 25.8 Å². The summed E-state index contributed by atoms with van der Waals surface area (Å²) in [6.45, 7) is 3.81. The van der Waals surface area contributed by atoms with E-state index in [0.717, 1.165) is 65.4 Å². The van der Waals surface area contributed by atoms with Gasteiger partial charge >= 0.3 is 18.8 Å². The smallest absolute Gasteiger partial charge is 0.871 e. The number of nitrogens with two attached hydrogens (primary N) is 2. The van der Waals surface area contributed by atoms with Crippen LogP contribution in [0.2, 0.25) is 0 Å². The molecule has 6 aromatic rings. The van der Waals surface area contributed by atoms with Crippen molar-refractivity contribution in [3.8, 4) is 11.5 Å². The number of fused-ring (bicyclic) bond motifs is 2. The maximum absolute atomic E-state index is 12.0. The summed E-state index contributed by atoms with van der Waals surface area (Å²) < 4.78 is 45.7. The van der Waals surface area contributed by atoms with Crippen molar-refractivity contribution in [2.24, 2.45) is 30.7 Å². The monoisotopic (exact) mass is 795 g/mol. The Hall–Kier alpha value is -5.09. The molecule has 0 amide bonds. The average Bonchev–Trinajstić information content (AvgIpc) is 3.13. The van der Waals surface area contributed by atoms with Crippen LogP contribution >= 0.6 is 0 Å². The first-order valence-corrected chi connectivity index (χ1v) is 18.1. The van der Waals surface area contributed by atoms with E-state index in [0.29, 0.717) is 11.1 Å². The summed E-state index contributed by atoms with van der Waals surface area (Å²) in [6, 6.07) is 29.8. The number of aryl methyl sites for hydroxylation is 2. The fourth-order valence-corrected chi connectivity index (χ4v) is 5.74. The molecule has 0 fully saturated rings. The fourth-order valence-electron chi connectivity index (χ4n) is 4.67. The summed E-state index contributed by atoms with van der Waals surface area (Å²) in [5.41, 5.74) is 2.94. The summed E-state index contributed by atoms with van der Waals surface area (Å²) in [4.78, 5) is -0.229. The second kappa shape index (κ2) is 19.7. The first-order valence-electron chi connectivity index (χ1n) is 15.0. The van der Waals surface area contributed by atoms with Gasteiger partial charge in [0.05, 0.1) is 32.5 Å². The Labute approximate surface area is 319 Å². The molecule has 17 heteroatoms. The molecule has 0 unspecified atom stereocenters. The van der Waals surface area contributed by atoms with Gasteiger partial charge in [-0.05, 0) is 60.0 Å². The zero-order valence-corrected chi connectivity index (χ0v) is 31.7. The van der Waals surface area contributed by atoms with Crippen molar-refractivity contribution in [2.75, 3.05) is 14.2 Å². The Morgan fingerprint density at radius 1 is 0.509 bits per heavy atom. The van der Waals surface area contributed by atoms with Gasteiger partial charge in [0, 0.05) is 10.8 Å². The van der Waals surface area contributed by atoms with Gasteiger partial charge < -0.3 is 20.4 Å². The minimum Gasteiger partial charge on any atom is -0.871 e. The Kier molecular flexibility index (Phi) is 16.4. The molecular formula is C36H35CrN6O8S2. The van der Waals surface area contributed by atoms with Gasteiger partial charge in [-0.3, -0.25) is 0 Å². The van der Waals surface area contributed by atoms with Gasteiger partial charge in [0.15, 0.2) is 0 Å². The molecule has 6 aromatic carbocycles. The van der Waals surface area contributed by atoms with Crippen LogP contribution in [0, 0.1) is 13.8 Å². The van der Waals surface area contributed by atoms with E-state index in [2.05, 4.69) is 20.5 Å². The molecule has 0 aliphatic carbocycles. The molecule has 1 radical (unpaired) electrons. The van der Waals surface area contributed by atoms with Crippen LogP contribution in [0.1, 0.15) is 12.6 Å². The van der Waals surface area contributed by atoms with Crippen molar-refractivity contribution in [2.45, 2.75) is 23.6 Å². The van der Waals surface area contributed by atoms with Crippen molar-refractivity contribution in [3.05, 3.63) is 120 Å². The maximum atomic E-state index is 12.0. The number of benzene rings is 6. The topological polar surface area (TPSA) is 262 Å². The first kappa shape index (κ1) is 44.1. The molecule has 0 atom stereocenters. The first-order chi connectivity index (χ1) is 24.7. The Bertz CT molecular complexity index is 2310. The van der Waals surface area contributed by atoms with Crippen molar-refractivity contribution in [1.29, 1.82) is 0 Å². The number of sulfonamides is 2. The number of hydrogen-bond acceptors (Lipinski definition) is 12. The van der Waals surface area contributed by atoms with Gasteiger partial charge in [-0.2, -0.15) is 29.6 Å². The maximum Gasteiger partial charge on any atom is 3.00 e. The summed E-state index contributed by atoms with van der Waals surface area (Å²) in [6.07, 6.45) is 0. The summed E-state index contributed by atoms with van der Waals surface area (Å²) in [7, 11) is -6.24. The molecule has 0 aliphatic heterocycles. The quantitative estimate of drug-likeness (QED) is 0.224. The molecular weight excluding hydrogens is 761 g/mol. The number of nitrogens with zero attached hydrogens (tertiary/aromatic N) is 4. The summed E-state index contributed by atoms with van der Waals surface area (Å²) in [5, 5.41) is 70.3. The molecule has 0 heterocycles. The van der Waals surface area contributed by atoms with Crippen LogP contribution in [0.4, 0.5) is 22.7 Å². The zero-order chi connectivity index (χ0) is 38.6. The summed E-state index contributed by atoms with van der Waals surface area (Å²) in [5.74, 6) is -0.883. The predicted molar refractivity (Wildman–Crippen MR) is 193 cm³/mol. The van der Waals surface area contributed by atoms with Gasteiger partial charge in [0.1, 0.15) is 0 Å².